The summed E-state index contributed by atoms with van der Waals surface area (Å²) in [6, 6.07) is 12.0. The van der Waals surface area contributed by atoms with Gasteiger partial charge in [-0.2, -0.15) is 0 Å². The molecule has 1 N–H and O–H groups in total. The van der Waals surface area contributed by atoms with E-state index in [1.807, 2.05) is 30.3 Å². The molecule has 16 heavy (non-hydrogen) atoms. The number of halogens is 1. The van der Waals surface area contributed by atoms with Crippen LogP contribution in [0.15, 0.2) is 36.4 Å². The molecule has 0 saturated heterocycles. The molecule has 0 fully saturated rings. The van der Waals surface area contributed by atoms with Gasteiger partial charge in [-0.05, 0) is 12.1 Å². The Morgan fingerprint density at radius 3 is 2.69 bits per heavy atom. The third-order valence-electron chi connectivity index (χ3n) is 2.79. The number of rotatable bonds is 1. The molecule has 0 spiro atoms. The minimum absolute atomic E-state index is 0.626. The summed E-state index contributed by atoms with van der Waals surface area (Å²) in [5, 5.41) is 2.95. The van der Waals surface area contributed by atoms with Gasteiger partial charge in [-0.15, -0.1) is 0 Å². The first-order valence-electron chi connectivity index (χ1n) is 5.04. The number of hydrogen-bond donors (Lipinski definition) is 1. The van der Waals surface area contributed by atoms with Gasteiger partial charge in [0.2, 0.25) is 0 Å². The molecule has 0 unspecified atom stereocenters. The highest BCUT2D eigenvalue weighted by atomic mass is 35.5. The number of nitrogens with one attached hydrogen (secondary N) is 1. The second-order valence-electron chi connectivity index (χ2n) is 3.67. The fraction of sp³-hybridized carbons (Fsp3) is 0.0769. The topological polar surface area (TPSA) is 25.0 Å². The van der Waals surface area contributed by atoms with E-state index in [1.165, 1.54) is 5.39 Å². The van der Waals surface area contributed by atoms with Crippen molar-refractivity contribution in [2.24, 2.45) is 0 Å². The fourth-order valence-corrected chi connectivity index (χ4v) is 2.30. The molecule has 0 atom stereocenters. The van der Waals surface area contributed by atoms with Crippen molar-refractivity contribution in [3.8, 4) is 5.75 Å². The molecule has 2 nitrogen and oxygen atoms in total. The molecule has 0 aliphatic heterocycles. The van der Waals surface area contributed by atoms with E-state index < -0.39 is 0 Å². The minimum atomic E-state index is 0.626. The van der Waals surface area contributed by atoms with Crippen molar-refractivity contribution in [1.29, 1.82) is 0 Å². The van der Waals surface area contributed by atoms with Gasteiger partial charge in [0, 0.05) is 16.3 Å². The summed E-state index contributed by atoms with van der Waals surface area (Å²) in [5.41, 5.74) is 2.05. The van der Waals surface area contributed by atoms with Crippen LogP contribution in [0.25, 0.3) is 21.8 Å². The third kappa shape index (κ3) is 1.20. The fourth-order valence-electron chi connectivity index (χ4n) is 2.07. The Bertz CT molecular complexity index is 672. The van der Waals surface area contributed by atoms with E-state index >= 15 is 0 Å². The zero-order chi connectivity index (χ0) is 11.1. The van der Waals surface area contributed by atoms with Gasteiger partial charge in [0.25, 0.3) is 0 Å². The lowest BCUT2D eigenvalue weighted by atomic mass is 10.1. The van der Waals surface area contributed by atoms with Gasteiger partial charge in [0.1, 0.15) is 0 Å². The molecule has 0 aliphatic rings. The summed E-state index contributed by atoms with van der Waals surface area (Å²) in [5.74, 6) is 0.704. The number of aromatic amines is 1. The van der Waals surface area contributed by atoms with Gasteiger partial charge in [-0.3, -0.25) is 0 Å². The molecule has 0 bridgehead atoms. The zero-order valence-corrected chi connectivity index (χ0v) is 9.51. The van der Waals surface area contributed by atoms with Crippen molar-refractivity contribution in [2.45, 2.75) is 0 Å². The third-order valence-corrected chi connectivity index (χ3v) is 3.09. The maximum Gasteiger partial charge on any atom is 0.161 e. The van der Waals surface area contributed by atoms with Crippen LogP contribution in [-0.4, -0.2) is 12.1 Å². The summed E-state index contributed by atoms with van der Waals surface area (Å²) in [6.45, 7) is 0. The average molecular weight is 232 g/mol. The SMILES string of the molecule is COc1c(Cl)ccc2c1[nH]c1ccccc12. The predicted octanol–water partition coefficient (Wildman–Crippen LogP) is 3.98. The largest absolute Gasteiger partial charge is 0.493 e. The maximum atomic E-state index is 6.09. The summed E-state index contributed by atoms with van der Waals surface area (Å²) < 4.78 is 5.32. The lowest BCUT2D eigenvalue weighted by Crippen LogP contribution is -1.85. The van der Waals surface area contributed by atoms with Crippen molar-refractivity contribution >= 4 is 33.4 Å². The minimum Gasteiger partial charge on any atom is -0.493 e. The molecule has 3 aromatic rings. The van der Waals surface area contributed by atoms with E-state index in [0.717, 1.165) is 16.4 Å². The van der Waals surface area contributed by atoms with Crippen LogP contribution in [0, 0.1) is 0 Å². The van der Waals surface area contributed by atoms with Crippen LogP contribution in [0.5, 0.6) is 5.75 Å². The summed E-state index contributed by atoms with van der Waals surface area (Å²) in [7, 11) is 1.63. The second kappa shape index (κ2) is 3.42. The van der Waals surface area contributed by atoms with Crippen molar-refractivity contribution in [3.63, 3.8) is 0 Å². The van der Waals surface area contributed by atoms with Crippen LogP contribution in [0.1, 0.15) is 0 Å². The highest BCUT2D eigenvalue weighted by molar-refractivity contribution is 6.33. The first-order valence-corrected chi connectivity index (χ1v) is 5.42. The molecule has 0 amide bonds. The van der Waals surface area contributed by atoms with Crippen LogP contribution in [0.4, 0.5) is 0 Å². The molecule has 1 aromatic heterocycles. The normalized spacial score (nSPS) is 11.1. The molecule has 3 rings (SSSR count). The number of ether oxygens (including phenoxy) is 1. The van der Waals surface area contributed by atoms with E-state index in [1.54, 1.807) is 7.11 Å². The summed E-state index contributed by atoms with van der Waals surface area (Å²) in [4.78, 5) is 3.33. The van der Waals surface area contributed by atoms with Gasteiger partial charge < -0.3 is 9.72 Å². The summed E-state index contributed by atoms with van der Waals surface area (Å²) >= 11 is 6.09. The molecule has 0 radical (unpaired) electrons. The molecular formula is C13H10ClNO. The van der Waals surface area contributed by atoms with Crippen LogP contribution in [0.3, 0.4) is 0 Å². The number of para-hydroxylation sites is 1. The Morgan fingerprint density at radius 2 is 1.88 bits per heavy atom. The lowest BCUT2D eigenvalue weighted by Gasteiger charge is -2.03. The van der Waals surface area contributed by atoms with Crippen molar-refractivity contribution in [1.82, 2.24) is 4.98 Å². The molecule has 80 valence electrons. The number of methoxy groups -OCH3 is 1. The maximum absolute atomic E-state index is 6.09. The first kappa shape index (κ1) is 9.55. The van der Waals surface area contributed by atoms with Gasteiger partial charge in [-0.1, -0.05) is 35.9 Å². The average Bonchev–Trinajstić information content (AvgIpc) is 2.67. The van der Waals surface area contributed by atoms with Gasteiger partial charge in [0.15, 0.2) is 5.75 Å². The Labute approximate surface area is 97.8 Å². The van der Waals surface area contributed by atoms with Crippen LogP contribution >= 0.6 is 11.6 Å². The van der Waals surface area contributed by atoms with E-state index in [2.05, 4.69) is 11.1 Å². The number of H-pyrrole nitrogens is 1. The molecule has 3 heteroatoms. The lowest BCUT2D eigenvalue weighted by molar-refractivity contribution is 0.419. The number of hydrogen-bond acceptors (Lipinski definition) is 1. The van der Waals surface area contributed by atoms with E-state index in [-0.39, 0.29) is 0 Å². The number of aromatic nitrogens is 1. The van der Waals surface area contributed by atoms with Crippen LogP contribution < -0.4 is 4.74 Å². The highest BCUT2D eigenvalue weighted by Crippen LogP contribution is 2.36. The molecule has 2 aromatic carbocycles. The standard InChI is InChI=1S/C13H10ClNO/c1-16-13-10(14)7-6-9-8-4-2-3-5-11(8)15-12(9)13/h2-7,15H,1H3. The van der Waals surface area contributed by atoms with Gasteiger partial charge in [-0.25, -0.2) is 0 Å². The van der Waals surface area contributed by atoms with Gasteiger partial charge >= 0.3 is 0 Å². The first-order chi connectivity index (χ1) is 7.81. The second-order valence-corrected chi connectivity index (χ2v) is 4.08. The molecule has 0 saturated carbocycles. The Balaban J connectivity index is 2.54. The zero-order valence-electron chi connectivity index (χ0n) is 8.75. The van der Waals surface area contributed by atoms with E-state index in [0.29, 0.717) is 10.8 Å². The quantitative estimate of drug-likeness (QED) is 0.673. The van der Waals surface area contributed by atoms with E-state index in [9.17, 15) is 0 Å². The van der Waals surface area contributed by atoms with Crippen LogP contribution in [0.2, 0.25) is 5.02 Å². The summed E-state index contributed by atoms with van der Waals surface area (Å²) in [6.07, 6.45) is 0. The Kier molecular flexibility index (Phi) is 2.04. The molecule has 1 heterocycles. The van der Waals surface area contributed by atoms with Crippen molar-refractivity contribution in [2.75, 3.05) is 7.11 Å². The van der Waals surface area contributed by atoms with Crippen molar-refractivity contribution < 1.29 is 4.74 Å². The number of fused-ring (bicyclic) bond motifs is 3. The number of benzene rings is 2. The van der Waals surface area contributed by atoms with Crippen molar-refractivity contribution in [3.05, 3.63) is 41.4 Å². The van der Waals surface area contributed by atoms with E-state index in [4.69, 9.17) is 16.3 Å². The highest BCUT2D eigenvalue weighted by Gasteiger charge is 2.10. The van der Waals surface area contributed by atoms with Crippen LogP contribution in [-0.2, 0) is 0 Å². The van der Waals surface area contributed by atoms with Gasteiger partial charge in [0.05, 0.1) is 17.6 Å². The Morgan fingerprint density at radius 1 is 1.06 bits per heavy atom. The monoisotopic (exact) mass is 231 g/mol. The smallest absolute Gasteiger partial charge is 0.161 e. The Hall–Kier alpha value is -1.67. The predicted molar refractivity (Wildman–Crippen MR) is 67.4 cm³/mol. The molecular weight excluding hydrogens is 222 g/mol. The molecule has 0 aliphatic carbocycles.